The molecule has 0 unspecified atom stereocenters. The van der Waals surface area contributed by atoms with Gasteiger partial charge >= 0.3 is 0 Å². The van der Waals surface area contributed by atoms with Crippen LogP contribution in [-0.4, -0.2) is 11.6 Å². The third kappa shape index (κ3) is 1.83. The molecule has 0 radical (unpaired) electrons. The molecule has 0 spiro atoms. The van der Waals surface area contributed by atoms with E-state index in [0.717, 1.165) is 30.4 Å². The van der Waals surface area contributed by atoms with Crippen molar-refractivity contribution in [2.45, 2.75) is 52.0 Å². The Morgan fingerprint density at radius 2 is 1.88 bits per heavy atom. The van der Waals surface area contributed by atoms with Crippen LogP contribution in [0, 0.1) is 6.92 Å². The van der Waals surface area contributed by atoms with Crippen molar-refractivity contribution in [2.24, 2.45) is 5.73 Å². The molecule has 1 aromatic heterocycles. The maximum absolute atomic E-state index is 12.9. The second-order valence-electron chi connectivity index (χ2n) is 7.47. The summed E-state index contributed by atoms with van der Waals surface area (Å²) in [5, 5.41) is 0. The van der Waals surface area contributed by atoms with E-state index in [9.17, 15) is 9.59 Å². The fourth-order valence-electron chi connectivity index (χ4n) is 4.28. The fourth-order valence-corrected chi connectivity index (χ4v) is 4.28. The number of fused-ring (bicyclic) bond motifs is 5. The number of hydrogen-bond acceptors (Lipinski definition) is 4. The van der Waals surface area contributed by atoms with E-state index in [4.69, 9.17) is 10.2 Å². The van der Waals surface area contributed by atoms with Gasteiger partial charge in [0.15, 0.2) is 0 Å². The highest BCUT2D eigenvalue weighted by molar-refractivity contribution is 6.53. The zero-order valence-corrected chi connectivity index (χ0v) is 14.3. The van der Waals surface area contributed by atoms with Crippen molar-refractivity contribution in [3.8, 4) is 11.3 Å². The zero-order valence-electron chi connectivity index (χ0n) is 14.3. The number of nitrogens with two attached hydrogens (primary N) is 1. The van der Waals surface area contributed by atoms with Crippen molar-refractivity contribution < 1.29 is 14.0 Å². The molecule has 0 atom stereocenters. The average molecular weight is 323 g/mol. The van der Waals surface area contributed by atoms with Gasteiger partial charge in [-0.25, -0.2) is 0 Å². The lowest BCUT2D eigenvalue weighted by molar-refractivity contribution is 0.0813. The van der Waals surface area contributed by atoms with E-state index >= 15 is 0 Å². The molecule has 2 N–H and O–H groups in total. The van der Waals surface area contributed by atoms with Crippen LogP contribution in [-0.2, 0) is 18.4 Å². The van der Waals surface area contributed by atoms with Crippen LogP contribution in [0.5, 0.6) is 0 Å². The molecular weight excluding hydrogens is 302 g/mol. The summed E-state index contributed by atoms with van der Waals surface area (Å²) in [6, 6.07) is 4.04. The summed E-state index contributed by atoms with van der Waals surface area (Å²) in [6.07, 6.45) is 2.94. The molecule has 2 aromatic rings. The number of furan rings is 1. The summed E-state index contributed by atoms with van der Waals surface area (Å²) in [5.41, 5.74) is 10.3. The fraction of sp³-hybridized carbons (Fsp3) is 0.400. The minimum absolute atomic E-state index is 0.0215. The molecule has 0 saturated carbocycles. The van der Waals surface area contributed by atoms with Crippen molar-refractivity contribution >= 4 is 11.6 Å². The van der Waals surface area contributed by atoms with E-state index in [2.05, 4.69) is 19.9 Å². The number of rotatable bonds is 1. The molecule has 0 amide bonds. The lowest BCUT2D eigenvalue weighted by atomic mass is 9.69. The molecule has 0 aliphatic heterocycles. The van der Waals surface area contributed by atoms with Crippen LogP contribution >= 0.6 is 0 Å². The van der Waals surface area contributed by atoms with Crippen LogP contribution in [0.4, 0.5) is 0 Å². The van der Waals surface area contributed by atoms with Gasteiger partial charge in [0.2, 0.25) is 11.6 Å². The summed E-state index contributed by atoms with van der Waals surface area (Å²) in [4.78, 5) is 25.6. The molecule has 124 valence electrons. The lowest BCUT2D eigenvalue weighted by Crippen LogP contribution is -2.29. The minimum atomic E-state index is -0.463. The molecule has 1 aromatic carbocycles. The summed E-state index contributed by atoms with van der Waals surface area (Å²) >= 11 is 0. The smallest absolute Gasteiger partial charge is 0.237 e. The minimum Gasteiger partial charge on any atom is -0.459 e. The Kier molecular flexibility index (Phi) is 3.13. The first-order valence-electron chi connectivity index (χ1n) is 8.45. The van der Waals surface area contributed by atoms with Gasteiger partial charge in [0.25, 0.3) is 0 Å². The average Bonchev–Trinajstić information content (AvgIpc) is 2.88. The number of ketones is 2. The first-order valence-corrected chi connectivity index (χ1v) is 8.45. The van der Waals surface area contributed by atoms with E-state index in [1.807, 2.05) is 6.07 Å². The van der Waals surface area contributed by atoms with Gasteiger partial charge in [0.1, 0.15) is 11.5 Å². The molecule has 24 heavy (non-hydrogen) atoms. The predicted octanol–water partition coefficient (Wildman–Crippen LogP) is 3.71. The van der Waals surface area contributed by atoms with E-state index in [-0.39, 0.29) is 12.0 Å². The monoisotopic (exact) mass is 323 g/mol. The first kappa shape index (κ1) is 15.3. The largest absolute Gasteiger partial charge is 0.459 e. The van der Waals surface area contributed by atoms with Crippen molar-refractivity contribution in [3.05, 3.63) is 45.7 Å². The summed E-state index contributed by atoms with van der Waals surface area (Å²) in [5.74, 6) is 0.223. The third-order valence-electron chi connectivity index (χ3n) is 5.61. The van der Waals surface area contributed by atoms with Crippen LogP contribution in [0.15, 0.2) is 16.5 Å². The number of carbonyl (C=O) groups is 2. The first-order chi connectivity index (χ1) is 11.4. The number of Topliss-reactive ketones (excluding diaryl/α,β-unsaturated/α-hetero) is 2. The zero-order chi connectivity index (χ0) is 17.2. The highest BCUT2D eigenvalue weighted by Gasteiger charge is 2.40. The van der Waals surface area contributed by atoms with Crippen LogP contribution < -0.4 is 5.73 Å². The van der Waals surface area contributed by atoms with Gasteiger partial charge in [0.05, 0.1) is 12.1 Å². The number of carbonyl (C=O) groups excluding carboxylic acids is 2. The SMILES string of the molecule is Cc1c(CN)oc2c1C(=O)C(=O)c1c-2ccc2c1CCCC2(C)C. The topological polar surface area (TPSA) is 73.3 Å². The molecule has 0 bridgehead atoms. The quantitative estimate of drug-likeness (QED) is 0.812. The van der Waals surface area contributed by atoms with Crippen molar-refractivity contribution in [1.82, 2.24) is 0 Å². The summed E-state index contributed by atoms with van der Waals surface area (Å²) in [7, 11) is 0. The molecule has 2 aliphatic carbocycles. The van der Waals surface area contributed by atoms with Gasteiger partial charge in [-0.1, -0.05) is 26.0 Å². The van der Waals surface area contributed by atoms with E-state index in [0.29, 0.717) is 28.2 Å². The van der Waals surface area contributed by atoms with Crippen molar-refractivity contribution in [1.29, 1.82) is 0 Å². The Morgan fingerprint density at radius 1 is 1.17 bits per heavy atom. The van der Waals surface area contributed by atoms with Gasteiger partial charge in [-0.15, -0.1) is 0 Å². The Morgan fingerprint density at radius 3 is 2.58 bits per heavy atom. The second kappa shape index (κ2) is 4.90. The Bertz CT molecular complexity index is 902. The van der Waals surface area contributed by atoms with Gasteiger partial charge in [-0.2, -0.15) is 0 Å². The number of benzene rings is 1. The lowest BCUT2D eigenvalue weighted by Gasteiger charge is -2.34. The van der Waals surface area contributed by atoms with Crippen molar-refractivity contribution in [2.75, 3.05) is 0 Å². The Balaban J connectivity index is 2.06. The molecular formula is C20H21NO3. The van der Waals surface area contributed by atoms with Crippen molar-refractivity contribution in [3.63, 3.8) is 0 Å². The Hall–Kier alpha value is -2.20. The van der Waals surface area contributed by atoms with Gasteiger partial charge < -0.3 is 10.2 Å². The molecule has 2 aliphatic rings. The van der Waals surface area contributed by atoms with Crippen LogP contribution in [0.1, 0.15) is 69.9 Å². The van der Waals surface area contributed by atoms with E-state index in [1.54, 1.807) is 6.92 Å². The van der Waals surface area contributed by atoms with Gasteiger partial charge in [-0.3, -0.25) is 9.59 Å². The predicted molar refractivity (Wildman–Crippen MR) is 91.4 cm³/mol. The van der Waals surface area contributed by atoms with Crippen LogP contribution in [0.2, 0.25) is 0 Å². The van der Waals surface area contributed by atoms with Gasteiger partial charge in [0, 0.05) is 16.7 Å². The van der Waals surface area contributed by atoms with Crippen LogP contribution in [0.25, 0.3) is 11.3 Å². The molecule has 1 heterocycles. The Labute approximate surface area is 141 Å². The maximum Gasteiger partial charge on any atom is 0.237 e. The standard InChI is InChI=1S/C20H21NO3/c1-10-14(9-21)24-19-12-6-7-13-11(5-4-8-20(13,2)3)16(12)18(23)17(22)15(10)19/h6-7H,4-5,8-9,21H2,1-3H3. The summed E-state index contributed by atoms with van der Waals surface area (Å²) in [6.45, 7) is 6.40. The van der Waals surface area contributed by atoms with E-state index < -0.39 is 11.6 Å². The second-order valence-corrected chi connectivity index (χ2v) is 7.47. The number of hydrogen-bond donors (Lipinski definition) is 1. The van der Waals surface area contributed by atoms with Gasteiger partial charge in [-0.05, 0) is 42.7 Å². The highest BCUT2D eigenvalue weighted by atomic mass is 16.3. The van der Waals surface area contributed by atoms with E-state index in [1.165, 1.54) is 5.56 Å². The molecule has 4 heteroatoms. The molecule has 0 fully saturated rings. The van der Waals surface area contributed by atoms with Crippen LogP contribution in [0.3, 0.4) is 0 Å². The molecule has 0 saturated heterocycles. The normalized spacial score (nSPS) is 18.2. The third-order valence-corrected chi connectivity index (χ3v) is 5.61. The highest BCUT2D eigenvalue weighted by Crippen LogP contribution is 2.45. The maximum atomic E-state index is 12.9. The molecule has 4 rings (SSSR count). The summed E-state index contributed by atoms with van der Waals surface area (Å²) < 4.78 is 5.88. The molecule has 4 nitrogen and oxygen atoms in total.